The largest absolute Gasteiger partial charge is 0.507 e. The number of para-hydroxylation sites is 7. The summed E-state index contributed by atoms with van der Waals surface area (Å²) in [6, 6.07) is 87.5. The van der Waals surface area contributed by atoms with E-state index in [0.29, 0.717) is 46.8 Å². The molecule has 0 saturated carbocycles. The van der Waals surface area contributed by atoms with Crippen LogP contribution in [0.5, 0.6) is 5.75 Å². The first-order valence-corrected chi connectivity index (χ1v) is 29.4. The maximum absolute atomic E-state index is 9.69. The van der Waals surface area contributed by atoms with Gasteiger partial charge in [0.1, 0.15) is 11.3 Å². The number of aromatic nitrogens is 6. The molecule has 0 saturated heterocycles. The van der Waals surface area contributed by atoms with Gasteiger partial charge < -0.3 is 18.7 Å². The number of rotatable bonds is 11. The maximum Gasteiger partial charge on any atom is 0.231 e. The molecule has 0 aliphatic carbocycles. The SMILES string of the molecule is CCC(C)c1ccc(-c2nc(-c3ccccc3)nc(-c3ccccc3)n2)cc1.CCC(C)c1ccc(-n2c3ccccc3c3ccccc32)cc1.CCC(C)n1c2ccccc2c2ccccc21.Oc1ccccc1-c1nc2ccccc2o1.[Zn]. The van der Waals surface area contributed by atoms with Crippen molar-refractivity contribution in [2.24, 2.45) is 0 Å². The van der Waals surface area contributed by atoms with E-state index in [2.05, 4.69) is 201 Å². The third-order valence-corrected chi connectivity index (χ3v) is 16.0. The summed E-state index contributed by atoms with van der Waals surface area (Å²) >= 11 is 0. The van der Waals surface area contributed by atoms with E-state index in [1.165, 1.54) is 66.8 Å². The summed E-state index contributed by atoms with van der Waals surface area (Å²) in [5, 5.41) is 15.0. The molecule has 418 valence electrons. The van der Waals surface area contributed by atoms with Gasteiger partial charge in [-0.2, -0.15) is 0 Å². The Labute approximate surface area is 511 Å². The second kappa shape index (κ2) is 27.4. The number of oxazole rings is 1. The Bertz CT molecular complexity index is 4260. The molecule has 0 bridgehead atoms. The molecule has 4 heterocycles. The zero-order chi connectivity index (χ0) is 57.9. The molecular formula is C76H70N6O2Zn. The Morgan fingerprint density at radius 3 is 1.24 bits per heavy atom. The minimum atomic E-state index is 0. The molecule has 85 heavy (non-hydrogen) atoms. The molecule has 8 nitrogen and oxygen atoms in total. The maximum atomic E-state index is 9.69. The number of aromatic hydroxyl groups is 1. The molecule has 9 heteroatoms. The van der Waals surface area contributed by atoms with Crippen molar-refractivity contribution < 1.29 is 29.0 Å². The number of benzene rings is 10. The van der Waals surface area contributed by atoms with Crippen LogP contribution in [0.15, 0.2) is 259 Å². The number of nitrogens with zero attached hydrogens (tertiary/aromatic N) is 6. The molecule has 14 aromatic rings. The van der Waals surface area contributed by atoms with Crippen molar-refractivity contribution in [3.8, 4) is 57.1 Å². The van der Waals surface area contributed by atoms with Crippen LogP contribution in [0, 0.1) is 0 Å². The van der Waals surface area contributed by atoms with Crippen molar-refractivity contribution in [2.75, 3.05) is 0 Å². The van der Waals surface area contributed by atoms with E-state index >= 15 is 0 Å². The van der Waals surface area contributed by atoms with E-state index in [1.54, 1.807) is 18.2 Å². The van der Waals surface area contributed by atoms with Gasteiger partial charge in [0.05, 0.1) is 16.6 Å². The monoisotopic (exact) mass is 1160 g/mol. The van der Waals surface area contributed by atoms with Crippen LogP contribution in [0.1, 0.15) is 89.8 Å². The summed E-state index contributed by atoms with van der Waals surface area (Å²) in [7, 11) is 0. The second-order valence-electron chi connectivity index (χ2n) is 21.4. The van der Waals surface area contributed by atoms with Crippen LogP contribution >= 0.6 is 0 Å². The standard InChI is InChI=1S/C25H23N3.C22H21N.C16H17N.C13H9NO2.Zn/c1-3-18(2)19-14-16-22(17-15-19)25-27-23(20-10-6-4-7-11-20)26-24(28-25)21-12-8-5-9-13-21;1-3-16(2)17-12-14-18(15-13-17)23-21-10-6-4-8-19(21)20-9-5-7-11-22(20)23;1-3-12(2)17-15-10-6-4-8-13(15)14-9-5-7-11-16(14)17;15-11-7-3-1-5-9(11)13-14-10-6-2-4-8-12(10)16-13;/h4-18H,3H2,1-2H3;4-16H,3H2,1-2H3;4-12H,3H2,1-2H3;1-8,15H;. The van der Waals surface area contributed by atoms with Gasteiger partial charge >= 0.3 is 0 Å². The van der Waals surface area contributed by atoms with Gasteiger partial charge in [-0.25, -0.2) is 19.9 Å². The fourth-order valence-electron chi connectivity index (χ4n) is 10.8. The summed E-state index contributed by atoms with van der Waals surface area (Å²) in [6.45, 7) is 13.5. The van der Waals surface area contributed by atoms with Gasteiger partial charge in [0.25, 0.3) is 0 Å². The van der Waals surface area contributed by atoms with Crippen LogP contribution in [0.4, 0.5) is 0 Å². The third-order valence-electron chi connectivity index (χ3n) is 16.0. The van der Waals surface area contributed by atoms with Crippen LogP contribution in [0.25, 0.3) is 106 Å². The Morgan fingerprint density at radius 1 is 0.388 bits per heavy atom. The summed E-state index contributed by atoms with van der Waals surface area (Å²) in [6.07, 6.45) is 3.46. The van der Waals surface area contributed by atoms with E-state index < -0.39 is 0 Å². The first-order valence-electron chi connectivity index (χ1n) is 29.4. The predicted octanol–water partition coefficient (Wildman–Crippen LogP) is 20.6. The topological polar surface area (TPSA) is 94.8 Å². The average molecular weight is 1160 g/mol. The molecule has 14 rings (SSSR count). The van der Waals surface area contributed by atoms with E-state index in [9.17, 15) is 5.11 Å². The van der Waals surface area contributed by atoms with Gasteiger partial charge in [0.15, 0.2) is 23.1 Å². The summed E-state index contributed by atoms with van der Waals surface area (Å²) in [4.78, 5) is 18.6. The molecule has 4 aromatic heterocycles. The number of hydrogen-bond donors (Lipinski definition) is 1. The first-order chi connectivity index (χ1) is 41.2. The Hall–Kier alpha value is -9.30. The van der Waals surface area contributed by atoms with Crippen molar-refractivity contribution in [1.29, 1.82) is 0 Å². The first kappa shape index (κ1) is 58.9. The summed E-state index contributed by atoms with van der Waals surface area (Å²) < 4.78 is 10.4. The van der Waals surface area contributed by atoms with Gasteiger partial charge in [-0.05, 0) is 110 Å². The van der Waals surface area contributed by atoms with Crippen LogP contribution in [-0.4, -0.2) is 34.2 Å². The fraction of sp³-hybridized carbons (Fsp3) is 0.158. The predicted molar refractivity (Wildman–Crippen MR) is 350 cm³/mol. The van der Waals surface area contributed by atoms with Crippen molar-refractivity contribution in [3.63, 3.8) is 0 Å². The van der Waals surface area contributed by atoms with E-state index in [0.717, 1.165) is 40.6 Å². The molecule has 0 radical (unpaired) electrons. The third kappa shape index (κ3) is 12.9. The molecule has 0 aliphatic rings. The molecular weight excluding hydrogens is 1090 g/mol. The quantitative estimate of drug-likeness (QED) is 0.130. The van der Waals surface area contributed by atoms with E-state index in [-0.39, 0.29) is 25.2 Å². The van der Waals surface area contributed by atoms with Gasteiger partial charge in [-0.15, -0.1) is 0 Å². The minimum Gasteiger partial charge on any atom is -0.507 e. The van der Waals surface area contributed by atoms with Crippen molar-refractivity contribution in [2.45, 2.75) is 78.7 Å². The van der Waals surface area contributed by atoms with Crippen LogP contribution in [0.3, 0.4) is 0 Å². The van der Waals surface area contributed by atoms with E-state index in [1.807, 2.05) is 91.0 Å². The van der Waals surface area contributed by atoms with Gasteiger partial charge in [0, 0.05) is 80.5 Å². The summed E-state index contributed by atoms with van der Waals surface area (Å²) in [5.41, 5.74) is 14.3. The number of phenolic OH excluding ortho intramolecular Hbond substituents is 1. The van der Waals surface area contributed by atoms with Crippen LogP contribution in [-0.2, 0) is 19.5 Å². The van der Waals surface area contributed by atoms with E-state index in [4.69, 9.17) is 19.4 Å². The molecule has 0 spiro atoms. The fourth-order valence-corrected chi connectivity index (χ4v) is 10.8. The molecule has 3 unspecified atom stereocenters. The molecule has 10 aromatic carbocycles. The van der Waals surface area contributed by atoms with Crippen LogP contribution in [0.2, 0.25) is 0 Å². The Balaban J connectivity index is 0.000000128. The smallest absolute Gasteiger partial charge is 0.231 e. The molecule has 0 fully saturated rings. The minimum absolute atomic E-state index is 0. The Kier molecular flexibility index (Phi) is 19.0. The van der Waals surface area contributed by atoms with Gasteiger partial charge in [-0.1, -0.05) is 229 Å². The van der Waals surface area contributed by atoms with Gasteiger partial charge in [-0.3, -0.25) is 0 Å². The van der Waals surface area contributed by atoms with Crippen molar-refractivity contribution in [3.05, 3.63) is 266 Å². The number of hydrogen-bond acceptors (Lipinski definition) is 6. The molecule has 0 aliphatic heterocycles. The second-order valence-corrected chi connectivity index (χ2v) is 21.4. The Morgan fingerprint density at radius 2 is 0.776 bits per heavy atom. The van der Waals surface area contributed by atoms with Crippen molar-refractivity contribution in [1.82, 2.24) is 29.1 Å². The number of phenols is 1. The molecule has 0 amide bonds. The van der Waals surface area contributed by atoms with Gasteiger partial charge in [0.2, 0.25) is 5.89 Å². The molecule has 3 atom stereocenters. The molecule has 1 N–H and O–H groups in total. The van der Waals surface area contributed by atoms with Crippen molar-refractivity contribution >= 4 is 54.7 Å². The van der Waals surface area contributed by atoms with Crippen LogP contribution < -0.4 is 0 Å². The zero-order valence-electron chi connectivity index (χ0n) is 49.3. The number of fused-ring (bicyclic) bond motifs is 7. The average Bonchev–Trinajstić information content (AvgIpc) is 2.75. The zero-order valence-corrected chi connectivity index (χ0v) is 52.3. The summed E-state index contributed by atoms with van der Waals surface area (Å²) in [5.74, 6) is 3.86. The normalized spacial score (nSPS) is 12.1.